The highest BCUT2D eigenvalue weighted by Crippen LogP contribution is 2.33. The van der Waals surface area contributed by atoms with Gasteiger partial charge in [0.1, 0.15) is 0 Å². The summed E-state index contributed by atoms with van der Waals surface area (Å²) in [6.07, 6.45) is 5.34. The second kappa shape index (κ2) is 6.60. The molecule has 1 amide bonds. The van der Waals surface area contributed by atoms with Crippen molar-refractivity contribution >= 4 is 28.5 Å². The lowest BCUT2D eigenvalue weighted by Gasteiger charge is -2.06. The molecule has 0 spiro atoms. The van der Waals surface area contributed by atoms with Gasteiger partial charge in [0, 0.05) is 18.2 Å². The summed E-state index contributed by atoms with van der Waals surface area (Å²) in [5.41, 5.74) is 4.79. The Morgan fingerprint density at radius 3 is 2.54 bits per heavy atom. The number of amides is 1. The van der Waals surface area contributed by atoms with E-state index >= 15 is 0 Å². The molecule has 0 aromatic heterocycles. The van der Waals surface area contributed by atoms with Gasteiger partial charge in [0.2, 0.25) is 0 Å². The van der Waals surface area contributed by atoms with Gasteiger partial charge in [0.25, 0.3) is 5.91 Å². The van der Waals surface area contributed by atoms with Crippen molar-refractivity contribution < 1.29 is 9.59 Å². The molecular weight excluding hydrogens is 322 g/mol. The van der Waals surface area contributed by atoms with Crippen LogP contribution in [0, 0.1) is 0 Å². The Morgan fingerprint density at radius 1 is 0.962 bits per heavy atom. The highest BCUT2D eigenvalue weighted by atomic mass is 16.1. The molecule has 0 aliphatic heterocycles. The Labute approximate surface area is 152 Å². The fraction of sp³-hybridized carbons (Fsp3) is 0.130. The fourth-order valence-corrected chi connectivity index (χ4v) is 3.65. The van der Waals surface area contributed by atoms with Gasteiger partial charge < -0.3 is 5.32 Å². The number of benzene rings is 3. The Bertz CT molecular complexity index is 1050. The highest BCUT2D eigenvalue weighted by molar-refractivity contribution is 6.11. The third kappa shape index (κ3) is 2.82. The van der Waals surface area contributed by atoms with Gasteiger partial charge in [-0.3, -0.25) is 9.59 Å². The number of aryl methyl sites for hydroxylation is 2. The molecule has 3 aromatic rings. The number of nitrogens with one attached hydrogen (secondary N) is 1. The fourth-order valence-electron chi connectivity index (χ4n) is 3.65. The molecule has 0 saturated carbocycles. The highest BCUT2D eigenvalue weighted by Gasteiger charge is 2.19. The lowest BCUT2D eigenvalue weighted by Crippen LogP contribution is -2.17. The minimum absolute atomic E-state index is 0.0222. The summed E-state index contributed by atoms with van der Waals surface area (Å²) in [4.78, 5) is 24.3. The molecule has 128 valence electrons. The maximum Gasteiger partial charge on any atom is 0.251 e. The van der Waals surface area contributed by atoms with E-state index in [0.717, 1.165) is 24.0 Å². The van der Waals surface area contributed by atoms with Gasteiger partial charge in [0.05, 0.1) is 0 Å². The van der Waals surface area contributed by atoms with Crippen LogP contribution < -0.4 is 5.32 Å². The average molecular weight is 341 g/mol. The van der Waals surface area contributed by atoms with Crippen molar-refractivity contribution in [1.29, 1.82) is 0 Å². The van der Waals surface area contributed by atoms with Gasteiger partial charge in [-0.05, 0) is 58.5 Å². The van der Waals surface area contributed by atoms with Crippen LogP contribution in [0.5, 0.6) is 0 Å². The molecule has 1 aliphatic rings. The lowest BCUT2D eigenvalue weighted by molar-refractivity contribution is 0.0962. The van der Waals surface area contributed by atoms with Gasteiger partial charge in [-0.2, -0.15) is 0 Å². The maximum atomic E-state index is 12.7. The SMILES string of the molecule is CNC(=O)c1ccc(/C=C/C(=O)c2ccc3cccc4c3c2CC4)cc1. The molecule has 0 heterocycles. The predicted molar refractivity (Wildman–Crippen MR) is 105 cm³/mol. The van der Waals surface area contributed by atoms with Crippen LogP contribution in [0.25, 0.3) is 16.8 Å². The topological polar surface area (TPSA) is 46.2 Å². The van der Waals surface area contributed by atoms with E-state index < -0.39 is 0 Å². The third-order valence-electron chi connectivity index (χ3n) is 4.98. The first-order valence-electron chi connectivity index (χ1n) is 8.75. The molecule has 0 radical (unpaired) electrons. The van der Waals surface area contributed by atoms with Crippen LogP contribution in [0.1, 0.15) is 37.4 Å². The first-order valence-corrected chi connectivity index (χ1v) is 8.75. The average Bonchev–Trinajstić information content (AvgIpc) is 3.12. The summed E-state index contributed by atoms with van der Waals surface area (Å²) < 4.78 is 0. The quantitative estimate of drug-likeness (QED) is 0.571. The minimum atomic E-state index is -0.119. The third-order valence-corrected chi connectivity index (χ3v) is 4.98. The summed E-state index contributed by atoms with van der Waals surface area (Å²) in [5.74, 6) is -0.0967. The van der Waals surface area contributed by atoms with E-state index in [0.29, 0.717) is 5.56 Å². The van der Waals surface area contributed by atoms with Crippen molar-refractivity contribution in [3.63, 3.8) is 0 Å². The standard InChI is InChI=1S/C23H19NO2/c1-24-23(26)18-8-5-15(6-9-18)7-14-21(25)19-12-10-16-3-2-4-17-11-13-20(19)22(16)17/h2-10,12,14H,11,13H2,1H3,(H,24,26)/b14-7+. The maximum absolute atomic E-state index is 12.7. The zero-order valence-corrected chi connectivity index (χ0v) is 14.6. The molecule has 4 rings (SSSR count). The molecule has 1 N–H and O–H groups in total. The summed E-state index contributed by atoms with van der Waals surface area (Å²) in [6.45, 7) is 0. The summed E-state index contributed by atoms with van der Waals surface area (Å²) in [6, 6.07) is 17.5. The normalized spacial score (nSPS) is 12.7. The van der Waals surface area contributed by atoms with Crippen molar-refractivity contribution in [2.75, 3.05) is 7.05 Å². The summed E-state index contributed by atoms with van der Waals surface area (Å²) >= 11 is 0. The molecule has 0 saturated heterocycles. The number of ketones is 1. The smallest absolute Gasteiger partial charge is 0.251 e. The summed E-state index contributed by atoms with van der Waals surface area (Å²) in [7, 11) is 1.61. The molecule has 3 aromatic carbocycles. The van der Waals surface area contributed by atoms with Gasteiger partial charge in [-0.15, -0.1) is 0 Å². The Hall–Kier alpha value is -3.20. The van der Waals surface area contributed by atoms with Crippen LogP contribution in [0.15, 0.2) is 60.7 Å². The van der Waals surface area contributed by atoms with E-state index in [9.17, 15) is 9.59 Å². The molecule has 1 aliphatic carbocycles. The zero-order valence-electron chi connectivity index (χ0n) is 14.6. The van der Waals surface area contributed by atoms with E-state index in [1.165, 1.54) is 21.9 Å². The van der Waals surface area contributed by atoms with Crippen LogP contribution in [0.2, 0.25) is 0 Å². The van der Waals surface area contributed by atoms with Crippen molar-refractivity contribution in [2.24, 2.45) is 0 Å². The van der Waals surface area contributed by atoms with Gasteiger partial charge in [-0.25, -0.2) is 0 Å². The van der Waals surface area contributed by atoms with Crippen LogP contribution in [0.3, 0.4) is 0 Å². The van der Waals surface area contributed by atoms with E-state index in [-0.39, 0.29) is 11.7 Å². The minimum Gasteiger partial charge on any atom is -0.355 e. The van der Waals surface area contributed by atoms with Crippen LogP contribution >= 0.6 is 0 Å². The second-order valence-corrected chi connectivity index (χ2v) is 6.51. The molecule has 0 atom stereocenters. The van der Waals surface area contributed by atoms with Crippen molar-refractivity contribution in [3.05, 3.63) is 88.5 Å². The monoisotopic (exact) mass is 341 g/mol. The number of hydrogen-bond acceptors (Lipinski definition) is 2. The van der Waals surface area contributed by atoms with E-state index in [2.05, 4.69) is 23.5 Å². The first kappa shape index (κ1) is 16.3. The Kier molecular flexibility index (Phi) is 4.13. The van der Waals surface area contributed by atoms with Crippen LogP contribution in [-0.2, 0) is 12.8 Å². The molecule has 3 nitrogen and oxygen atoms in total. The Balaban J connectivity index is 1.61. The zero-order chi connectivity index (χ0) is 18.1. The van der Waals surface area contributed by atoms with Crippen LogP contribution in [0.4, 0.5) is 0 Å². The number of allylic oxidation sites excluding steroid dienone is 1. The molecule has 0 bridgehead atoms. The van der Waals surface area contributed by atoms with Gasteiger partial charge in [0.15, 0.2) is 5.78 Å². The lowest BCUT2D eigenvalue weighted by atomic mass is 9.97. The number of carbonyl (C=O) groups excluding carboxylic acids is 2. The van der Waals surface area contributed by atoms with Crippen LogP contribution in [-0.4, -0.2) is 18.7 Å². The largest absolute Gasteiger partial charge is 0.355 e. The van der Waals surface area contributed by atoms with Gasteiger partial charge >= 0.3 is 0 Å². The number of carbonyl (C=O) groups is 2. The molecule has 0 fully saturated rings. The number of hydrogen-bond donors (Lipinski definition) is 1. The Morgan fingerprint density at radius 2 is 1.77 bits per heavy atom. The van der Waals surface area contributed by atoms with Crippen molar-refractivity contribution in [3.8, 4) is 0 Å². The van der Waals surface area contributed by atoms with E-state index in [4.69, 9.17) is 0 Å². The number of rotatable bonds is 4. The summed E-state index contributed by atoms with van der Waals surface area (Å²) in [5, 5.41) is 5.05. The molecule has 0 unspecified atom stereocenters. The first-order chi connectivity index (χ1) is 12.7. The van der Waals surface area contributed by atoms with Crippen molar-refractivity contribution in [2.45, 2.75) is 12.8 Å². The second-order valence-electron chi connectivity index (χ2n) is 6.51. The molecule has 26 heavy (non-hydrogen) atoms. The molecular formula is C23H19NO2. The van der Waals surface area contributed by atoms with E-state index in [1.807, 2.05) is 24.3 Å². The van der Waals surface area contributed by atoms with Crippen molar-refractivity contribution in [1.82, 2.24) is 5.32 Å². The van der Waals surface area contributed by atoms with Gasteiger partial charge in [-0.1, -0.05) is 48.5 Å². The van der Waals surface area contributed by atoms with E-state index in [1.54, 1.807) is 31.3 Å². The molecule has 3 heteroatoms. The predicted octanol–water partition coefficient (Wildman–Crippen LogP) is 4.19.